The van der Waals surface area contributed by atoms with E-state index >= 15 is 0 Å². The molecule has 2 rings (SSSR count). The van der Waals surface area contributed by atoms with Gasteiger partial charge in [-0.3, -0.25) is 4.79 Å². The second-order valence-electron chi connectivity index (χ2n) is 5.15. The third-order valence-corrected chi connectivity index (χ3v) is 3.55. The van der Waals surface area contributed by atoms with Crippen molar-refractivity contribution in [2.75, 3.05) is 18.8 Å². The molecule has 0 aliphatic carbocycles. The molecule has 0 radical (unpaired) electrons. The van der Waals surface area contributed by atoms with Crippen LogP contribution < -0.4 is 5.73 Å². The third kappa shape index (κ3) is 3.10. The fourth-order valence-electron chi connectivity index (χ4n) is 2.28. The van der Waals surface area contributed by atoms with Crippen LogP contribution in [0.25, 0.3) is 0 Å². The van der Waals surface area contributed by atoms with E-state index in [1.54, 1.807) is 30.0 Å². The number of rotatable bonds is 3. The average Bonchev–Trinajstić information content (AvgIpc) is 2.94. The van der Waals surface area contributed by atoms with Crippen LogP contribution in [-0.4, -0.2) is 36.0 Å². The Morgan fingerprint density at radius 2 is 1.95 bits per heavy atom. The first kappa shape index (κ1) is 14.4. The van der Waals surface area contributed by atoms with Gasteiger partial charge in [-0.25, -0.2) is 4.79 Å². The Hall–Kier alpha value is -2.04. The molecule has 1 aliphatic heterocycles. The van der Waals surface area contributed by atoms with Crippen LogP contribution in [0.1, 0.15) is 35.7 Å². The minimum absolute atomic E-state index is 0.122. The number of nitrogens with zero attached hydrogens (tertiary/aromatic N) is 1. The van der Waals surface area contributed by atoms with Gasteiger partial charge in [0.25, 0.3) is 5.91 Å². The maximum Gasteiger partial charge on any atom is 0.338 e. The van der Waals surface area contributed by atoms with E-state index in [2.05, 4.69) is 0 Å². The Labute approximate surface area is 118 Å². The lowest BCUT2D eigenvalue weighted by molar-refractivity contribution is -0.138. The lowest BCUT2D eigenvalue weighted by Gasteiger charge is -2.20. The second-order valence-corrected chi connectivity index (χ2v) is 5.15. The predicted octanol–water partition coefficient (Wildman–Crippen LogP) is 1.74. The van der Waals surface area contributed by atoms with E-state index < -0.39 is 12.1 Å². The monoisotopic (exact) mass is 276 g/mol. The predicted molar refractivity (Wildman–Crippen MR) is 76.3 cm³/mol. The molecule has 1 heterocycles. The van der Waals surface area contributed by atoms with E-state index in [0.717, 1.165) is 31.5 Å². The molecule has 1 aromatic carbocycles. The lowest BCUT2D eigenvalue weighted by Crippen LogP contribution is -2.38. The summed E-state index contributed by atoms with van der Waals surface area (Å²) < 4.78 is 5.23. The van der Waals surface area contributed by atoms with Crippen LogP contribution in [0.15, 0.2) is 18.2 Å². The third-order valence-electron chi connectivity index (χ3n) is 3.55. The average molecular weight is 276 g/mol. The quantitative estimate of drug-likeness (QED) is 0.674. The van der Waals surface area contributed by atoms with Crippen LogP contribution in [0, 0.1) is 6.92 Å². The summed E-state index contributed by atoms with van der Waals surface area (Å²) in [7, 11) is 0. The molecule has 0 aromatic heterocycles. The molecule has 1 unspecified atom stereocenters. The van der Waals surface area contributed by atoms with Gasteiger partial charge in [-0.05, 0) is 50.5 Å². The van der Waals surface area contributed by atoms with E-state index in [-0.39, 0.29) is 5.91 Å². The van der Waals surface area contributed by atoms with Crippen molar-refractivity contribution >= 4 is 17.6 Å². The molecular formula is C15H20N2O3. The van der Waals surface area contributed by atoms with Crippen molar-refractivity contribution in [2.45, 2.75) is 32.8 Å². The van der Waals surface area contributed by atoms with E-state index in [9.17, 15) is 9.59 Å². The van der Waals surface area contributed by atoms with Crippen LogP contribution in [0.5, 0.6) is 0 Å². The van der Waals surface area contributed by atoms with Crippen molar-refractivity contribution in [3.8, 4) is 0 Å². The molecule has 1 atom stereocenters. The molecule has 0 bridgehead atoms. The van der Waals surface area contributed by atoms with Gasteiger partial charge in [-0.15, -0.1) is 0 Å². The highest BCUT2D eigenvalue weighted by atomic mass is 16.5. The van der Waals surface area contributed by atoms with Crippen molar-refractivity contribution in [3.63, 3.8) is 0 Å². The standard InChI is InChI=1S/C15H20N2O3/c1-10-9-12(5-6-13(10)16)15(19)20-11(2)14(18)17-7-3-4-8-17/h5-6,9,11H,3-4,7-8,16H2,1-2H3. The molecule has 5 nitrogen and oxygen atoms in total. The van der Waals surface area contributed by atoms with Gasteiger partial charge in [0.05, 0.1) is 5.56 Å². The van der Waals surface area contributed by atoms with E-state index in [0.29, 0.717) is 11.3 Å². The molecule has 20 heavy (non-hydrogen) atoms. The molecule has 108 valence electrons. The van der Waals surface area contributed by atoms with Crippen molar-refractivity contribution < 1.29 is 14.3 Å². The first-order chi connectivity index (χ1) is 9.49. The number of anilines is 1. The molecule has 1 aromatic rings. The van der Waals surface area contributed by atoms with Gasteiger partial charge in [0.1, 0.15) is 0 Å². The van der Waals surface area contributed by atoms with Gasteiger partial charge in [0.2, 0.25) is 0 Å². The van der Waals surface area contributed by atoms with Gasteiger partial charge in [-0.1, -0.05) is 0 Å². The fourth-order valence-corrected chi connectivity index (χ4v) is 2.28. The smallest absolute Gasteiger partial charge is 0.338 e. The largest absolute Gasteiger partial charge is 0.449 e. The Balaban J connectivity index is 1.99. The highest BCUT2D eigenvalue weighted by Crippen LogP contribution is 2.15. The molecule has 0 saturated carbocycles. The molecule has 1 saturated heterocycles. The van der Waals surface area contributed by atoms with Crippen LogP contribution in [0.3, 0.4) is 0 Å². The molecular weight excluding hydrogens is 256 g/mol. The summed E-state index contributed by atoms with van der Waals surface area (Å²) in [4.78, 5) is 25.8. The fraction of sp³-hybridized carbons (Fsp3) is 0.467. The van der Waals surface area contributed by atoms with E-state index in [4.69, 9.17) is 10.5 Å². The topological polar surface area (TPSA) is 72.6 Å². The zero-order valence-electron chi connectivity index (χ0n) is 11.9. The van der Waals surface area contributed by atoms with Gasteiger partial charge in [0, 0.05) is 18.8 Å². The van der Waals surface area contributed by atoms with Crippen LogP contribution in [0.4, 0.5) is 5.69 Å². The molecule has 1 aliphatic rings. The highest BCUT2D eigenvalue weighted by Gasteiger charge is 2.26. The number of carbonyl (C=O) groups excluding carboxylic acids is 2. The van der Waals surface area contributed by atoms with E-state index in [1.807, 2.05) is 6.92 Å². The Morgan fingerprint density at radius 3 is 2.55 bits per heavy atom. The van der Waals surface area contributed by atoms with E-state index in [1.165, 1.54) is 0 Å². The summed E-state index contributed by atoms with van der Waals surface area (Å²) in [5.41, 5.74) is 7.57. The molecule has 0 spiro atoms. The summed E-state index contributed by atoms with van der Waals surface area (Å²) in [5.74, 6) is -0.615. The Kier molecular flexibility index (Phi) is 4.27. The van der Waals surface area contributed by atoms with Crippen molar-refractivity contribution in [1.82, 2.24) is 4.90 Å². The number of hydrogen-bond donors (Lipinski definition) is 1. The maximum atomic E-state index is 12.1. The minimum Gasteiger partial charge on any atom is -0.449 e. The summed E-state index contributed by atoms with van der Waals surface area (Å²) in [6.45, 7) is 4.94. The van der Waals surface area contributed by atoms with Gasteiger partial charge in [-0.2, -0.15) is 0 Å². The second kappa shape index (κ2) is 5.94. The molecule has 5 heteroatoms. The SMILES string of the molecule is Cc1cc(C(=O)OC(C)C(=O)N2CCCC2)ccc1N. The number of benzene rings is 1. The van der Waals surface area contributed by atoms with Crippen LogP contribution in [-0.2, 0) is 9.53 Å². The zero-order valence-corrected chi connectivity index (χ0v) is 11.9. The maximum absolute atomic E-state index is 12.1. The number of aryl methyl sites for hydroxylation is 1. The first-order valence-corrected chi connectivity index (χ1v) is 6.85. The minimum atomic E-state index is -0.751. The Bertz CT molecular complexity index is 522. The van der Waals surface area contributed by atoms with Gasteiger partial charge < -0.3 is 15.4 Å². The van der Waals surface area contributed by atoms with Crippen LogP contribution >= 0.6 is 0 Å². The van der Waals surface area contributed by atoms with Gasteiger partial charge >= 0.3 is 5.97 Å². The van der Waals surface area contributed by atoms with Gasteiger partial charge in [0.15, 0.2) is 6.10 Å². The number of amides is 1. The number of hydrogen-bond acceptors (Lipinski definition) is 4. The highest BCUT2D eigenvalue weighted by molar-refractivity contribution is 5.92. The number of esters is 1. The number of likely N-dealkylation sites (tertiary alicyclic amines) is 1. The van der Waals surface area contributed by atoms with Crippen molar-refractivity contribution in [2.24, 2.45) is 0 Å². The molecule has 2 N–H and O–H groups in total. The molecule has 1 amide bonds. The number of nitrogen functional groups attached to an aromatic ring is 1. The zero-order chi connectivity index (χ0) is 14.7. The number of carbonyl (C=O) groups is 2. The first-order valence-electron chi connectivity index (χ1n) is 6.85. The van der Waals surface area contributed by atoms with Crippen LogP contribution in [0.2, 0.25) is 0 Å². The summed E-state index contributed by atoms with van der Waals surface area (Å²) in [6, 6.07) is 4.95. The lowest BCUT2D eigenvalue weighted by atomic mass is 10.1. The summed E-state index contributed by atoms with van der Waals surface area (Å²) in [5, 5.41) is 0. The Morgan fingerprint density at radius 1 is 1.30 bits per heavy atom. The molecule has 1 fully saturated rings. The summed E-state index contributed by atoms with van der Waals surface area (Å²) >= 11 is 0. The number of ether oxygens (including phenoxy) is 1. The summed E-state index contributed by atoms with van der Waals surface area (Å²) in [6.07, 6.45) is 1.28. The number of nitrogens with two attached hydrogens (primary N) is 1. The van der Waals surface area contributed by atoms with Crippen molar-refractivity contribution in [1.29, 1.82) is 0 Å². The van der Waals surface area contributed by atoms with Crippen molar-refractivity contribution in [3.05, 3.63) is 29.3 Å². The normalized spacial score (nSPS) is 16.0.